The van der Waals surface area contributed by atoms with E-state index in [0.717, 1.165) is 10.4 Å². The predicted molar refractivity (Wildman–Crippen MR) is 75.2 cm³/mol. The Bertz CT molecular complexity index is 653. The molecule has 2 rings (SSSR count). The molecule has 5 heteroatoms. The number of thiophene rings is 1. The molecular weight excluding hydrogens is 260 g/mol. The van der Waals surface area contributed by atoms with Crippen LogP contribution in [0.15, 0.2) is 30.5 Å². The van der Waals surface area contributed by atoms with E-state index in [0.29, 0.717) is 10.7 Å². The number of anilines is 1. The van der Waals surface area contributed by atoms with Crippen molar-refractivity contribution in [2.24, 2.45) is 0 Å². The lowest BCUT2D eigenvalue weighted by atomic mass is 10.3. The van der Waals surface area contributed by atoms with Gasteiger partial charge in [0.2, 0.25) is 0 Å². The fourth-order valence-electron chi connectivity index (χ4n) is 1.44. The zero-order chi connectivity index (χ0) is 13.7. The molecule has 2 aromatic rings. The van der Waals surface area contributed by atoms with E-state index in [1.54, 1.807) is 24.4 Å². The number of carbonyl (C=O) groups excluding carboxylic acids is 1. The van der Waals surface area contributed by atoms with Gasteiger partial charge in [-0.2, -0.15) is 0 Å². The van der Waals surface area contributed by atoms with Crippen molar-refractivity contribution in [3.05, 3.63) is 45.8 Å². The molecule has 0 saturated carbocycles. The molecule has 19 heavy (non-hydrogen) atoms. The summed E-state index contributed by atoms with van der Waals surface area (Å²) >= 11 is 1.28. The monoisotopic (exact) mass is 272 g/mol. The van der Waals surface area contributed by atoms with Crippen molar-refractivity contribution in [3.8, 4) is 11.8 Å². The van der Waals surface area contributed by atoms with Crippen LogP contribution in [0.4, 0.5) is 5.82 Å². The largest absolute Gasteiger partial charge is 0.384 e. The molecule has 0 aromatic carbocycles. The maximum Gasteiger partial charge on any atom is 0.266 e. The molecule has 2 heterocycles. The highest BCUT2D eigenvalue weighted by Crippen LogP contribution is 2.17. The number of hydrogen-bond acceptors (Lipinski definition) is 4. The molecule has 0 bridgehead atoms. The number of nitrogens with one attached hydrogen (secondary N) is 1. The Morgan fingerprint density at radius 1 is 1.47 bits per heavy atom. The number of aromatic nitrogens is 1. The summed E-state index contributed by atoms with van der Waals surface area (Å²) in [6.07, 6.45) is 1.65. The first-order chi connectivity index (χ1) is 9.19. The van der Waals surface area contributed by atoms with Gasteiger partial charge >= 0.3 is 0 Å². The zero-order valence-electron chi connectivity index (χ0n) is 10.3. The average Bonchev–Trinajstić information content (AvgIpc) is 2.85. The Hall–Kier alpha value is -2.16. The molecule has 0 aliphatic rings. The highest BCUT2D eigenvalue weighted by molar-refractivity contribution is 7.14. The molecule has 0 fully saturated rings. The van der Waals surface area contributed by atoms with Gasteiger partial charge in [-0.1, -0.05) is 11.8 Å². The molecule has 1 amide bonds. The van der Waals surface area contributed by atoms with Crippen LogP contribution in [0.25, 0.3) is 0 Å². The molecule has 0 atom stereocenters. The van der Waals surface area contributed by atoms with Crippen LogP contribution in [0.1, 0.15) is 20.1 Å². The summed E-state index contributed by atoms with van der Waals surface area (Å²) in [6, 6.07) is 7.13. The first-order valence-corrected chi connectivity index (χ1v) is 6.44. The topological polar surface area (TPSA) is 62.2 Å². The molecule has 4 nitrogen and oxygen atoms in total. The molecule has 96 valence electrons. The number of aliphatic hydroxyl groups excluding tert-OH is 1. The normalized spacial score (nSPS) is 9.58. The minimum absolute atomic E-state index is 0.188. The summed E-state index contributed by atoms with van der Waals surface area (Å²) in [6.45, 7) is 1.75. The van der Waals surface area contributed by atoms with Crippen molar-refractivity contribution in [2.75, 3.05) is 11.9 Å². The second-order valence-electron chi connectivity index (χ2n) is 3.80. The second kappa shape index (κ2) is 6.14. The minimum Gasteiger partial charge on any atom is -0.384 e. The number of aryl methyl sites for hydroxylation is 1. The van der Waals surface area contributed by atoms with Gasteiger partial charge in [-0.25, -0.2) is 4.98 Å². The fraction of sp³-hybridized carbons (Fsp3) is 0.143. The van der Waals surface area contributed by atoms with Crippen LogP contribution >= 0.6 is 11.3 Å². The van der Waals surface area contributed by atoms with Crippen molar-refractivity contribution >= 4 is 23.1 Å². The summed E-state index contributed by atoms with van der Waals surface area (Å²) in [4.78, 5) is 17.4. The highest BCUT2D eigenvalue weighted by atomic mass is 32.1. The summed E-state index contributed by atoms with van der Waals surface area (Å²) in [5.41, 5.74) is 1.03. The molecule has 0 aliphatic heterocycles. The van der Waals surface area contributed by atoms with Crippen LogP contribution in [0, 0.1) is 18.8 Å². The van der Waals surface area contributed by atoms with Gasteiger partial charge in [-0.15, -0.1) is 11.3 Å². The minimum atomic E-state index is -0.208. The van der Waals surface area contributed by atoms with E-state index in [-0.39, 0.29) is 12.5 Å². The quantitative estimate of drug-likeness (QED) is 0.822. The number of amides is 1. The highest BCUT2D eigenvalue weighted by Gasteiger charge is 2.09. The molecular formula is C14H12N2O2S. The van der Waals surface area contributed by atoms with Crippen LogP contribution in [-0.4, -0.2) is 22.6 Å². The number of carbonyl (C=O) groups is 1. The van der Waals surface area contributed by atoms with E-state index < -0.39 is 0 Å². The van der Waals surface area contributed by atoms with Gasteiger partial charge in [0.25, 0.3) is 5.91 Å². The van der Waals surface area contributed by atoms with Crippen LogP contribution in [0.2, 0.25) is 0 Å². The Balaban J connectivity index is 2.10. The third-order valence-electron chi connectivity index (χ3n) is 2.28. The standard InChI is InChI=1S/C14H12N2O2S/c1-10-6-7-15-13(9-10)16-14(18)12-5-4-11(19-12)3-2-8-17/h4-7,9,17H,8H2,1H3,(H,15,16,18). The number of rotatable bonds is 2. The van der Waals surface area contributed by atoms with Crippen LogP contribution < -0.4 is 5.32 Å². The SMILES string of the molecule is Cc1ccnc(NC(=O)c2ccc(C#CCO)s2)c1. The molecule has 2 N–H and O–H groups in total. The van der Waals surface area contributed by atoms with E-state index in [1.807, 2.05) is 13.0 Å². The third kappa shape index (κ3) is 3.65. The number of hydrogen-bond donors (Lipinski definition) is 2. The Kier molecular flexibility index (Phi) is 4.29. The number of aliphatic hydroxyl groups is 1. The van der Waals surface area contributed by atoms with Crippen molar-refractivity contribution in [2.45, 2.75) is 6.92 Å². The first kappa shape index (κ1) is 13.3. The van der Waals surface area contributed by atoms with E-state index in [2.05, 4.69) is 22.1 Å². The van der Waals surface area contributed by atoms with Crippen molar-refractivity contribution < 1.29 is 9.90 Å². The predicted octanol–water partition coefficient (Wildman–Crippen LogP) is 2.05. The van der Waals surface area contributed by atoms with E-state index in [1.165, 1.54) is 11.3 Å². The average molecular weight is 272 g/mol. The van der Waals surface area contributed by atoms with Gasteiger partial charge in [0, 0.05) is 6.20 Å². The fourth-order valence-corrected chi connectivity index (χ4v) is 2.21. The lowest BCUT2D eigenvalue weighted by molar-refractivity contribution is 0.103. The van der Waals surface area contributed by atoms with Crippen molar-refractivity contribution in [1.29, 1.82) is 0 Å². The van der Waals surface area contributed by atoms with Crippen LogP contribution in [0.3, 0.4) is 0 Å². The zero-order valence-corrected chi connectivity index (χ0v) is 11.1. The van der Waals surface area contributed by atoms with E-state index in [4.69, 9.17) is 5.11 Å². The first-order valence-electron chi connectivity index (χ1n) is 5.62. The Morgan fingerprint density at radius 2 is 2.32 bits per heavy atom. The molecule has 0 spiro atoms. The number of pyridine rings is 1. The maximum atomic E-state index is 12.0. The Labute approximate surface area is 115 Å². The lowest BCUT2D eigenvalue weighted by Gasteiger charge is -2.02. The molecule has 2 aromatic heterocycles. The van der Waals surface area contributed by atoms with Gasteiger partial charge in [0.1, 0.15) is 12.4 Å². The van der Waals surface area contributed by atoms with Crippen molar-refractivity contribution in [1.82, 2.24) is 4.98 Å². The van der Waals surface area contributed by atoms with Gasteiger partial charge in [-0.3, -0.25) is 4.79 Å². The second-order valence-corrected chi connectivity index (χ2v) is 4.88. The summed E-state index contributed by atoms with van der Waals surface area (Å²) in [5, 5.41) is 11.3. The van der Waals surface area contributed by atoms with E-state index in [9.17, 15) is 4.79 Å². The van der Waals surface area contributed by atoms with Gasteiger partial charge < -0.3 is 10.4 Å². The Morgan fingerprint density at radius 3 is 3.05 bits per heavy atom. The van der Waals surface area contributed by atoms with Gasteiger partial charge in [0.15, 0.2) is 0 Å². The molecule has 0 unspecified atom stereocenters. The smallest absolute Gasteiger partial charge is 0.266 e. The lowest BCUT2D eigenvalue weighted by Crippen LogP contribution is -2.11. The number of nitrogens with zero attached hydrogens (tertiary/aromatic N) is 1. The summed E-state index contributed by atoms with van der Waals surface area (Å²) in [5.74, 6) is 5.63. The van der Waals surface area contributed by atoms with Crippen LogP contribution in [0.5, 0.6) is 0 Å². The van der Waals surface area contributed by atoms with E-state index >= 15 is 0 Å². The maximum absolute atomic E-state index is 12.0. The molecule has 0 radical (unpaired) electrons. The third-order valence-corrected chi connectivity index (χ3v) is 3.28. The van der Waals surface area contributed by atoms with Crippen LogP contribution in [-0.2, 0) is 0 Å². The summed E-state index contributed by atoms with van der Waals surface area (Å²) in [7, 11) is 0. The van der Waals surface area contributed by atoms with Gasteiger partial charge in [-0.05, 0) is 36.8 Å². The summed E-state index contributed by atoms with van der Waals surface area (Å²) < 4.78 is 0. The molecule has 0 saturated heterocycles. The molecule has 0 aliphatic carbocycles. The van der Waals surface area contributed by atoms with Crippen molar-refractivity contribution in [3.63, 3.8) is 0 Å². The van der Waals surface area contributed by atoms with Gasteiger partial charge in [0.05, 0.1) is 9.75 Å².